The van der Waals surface area contributed by atoms with Gasteiger partial charge in [0.1, 0.15) is 17.8 Å². The van der Waals surface area contributed by atoms with Crippen LogP contribution in [0.4, 0.5) is 4.79 Å². The molecule has 1 saturated heterocycles. The van der Waals surface area contributed by atoms with E-state index in [0.29, 0.717) is 19.8 Å². The van der Waals surface area contributed by atoms with Gasteiger partial charge in [-0.25, -0.2) is 4.79 Å². The van der Waals surface area contributed by atoms with Crippen LogP contribution in [0.5, 0.6) is 0 Å². The Hall–Kier alpha value is -3.23. The highest BCUT2D eigenvalue weighted by Gasteiger charge is 2.47. The van der Waals surface area contributed by atoms with Crippen LogP contribution < -0.4 is 5.73 Å². The van der Waals surface area contributed by atoms with E-state index in [2.05, 4.69) is 0 Å². The molecule has 39 heavy (non-hydrogen) atoms. The van der Waals surface area contributed by atoms with Crippen LogP contribution >= 0.6 is 0 Å². The van der Waals surface area contributed by atoms with Crippen molar-refractivity contribution in [3.8, 4) is 0 Å². The maximum absolute atomic E-state index is 13.4. The summed E-state index contributed by atoms with van der Waals surface area (Å²) in [4.78, 5) is 15.1. The molecule has 0 aromatic heterocycles. The van der Waals surface area contributed by atoms with Crippen LogP contribution in [-0.4, -0.2) is 54.0 Å². The summed E-state index contributed by atoms with van der Waals surface area (Å²) in [5, 5.41) is 0. The van der Waals surface area contributed by atoms with Crippen molar-refractivity contribution in [1.82, 2.24) is 4.90 Å². The molecular formula is C32H40N2O5. The summed E-state index contributed by atoms with van der Waals surface area (Å²) in [7, 11) is 0. The molecule has 2 N–H and O–H groups in total. The lowest BCUT2D eigenvalue weighted by molar-refractivity contribution is -0.160. The first-order chi connectivity index (χ1) is 18.8. The van der Waals surface area contributed by atoms with E-state index in [-0.39, 0.29) is 13.2 Å². The monoisotopic (exact) mass is 532 g/mol. The molecule has 1 amide bonds. The zero-order valence-electron chi connectivity index (χ0n) is 23.1. The number of benzene rings is 3. The first-order valence-corrected chi connectivity index (χ1v) is 13.5. The Morgan fingerprint density at radius 2 is 1.23 bits per heavy atom. The highest BCUT2D eigenvalue weighted by atomic mass is 16.6. The third-order valence-electron chi connectivity index (χ3n) is 6.53. The third kappa shape index (κ3) is 8.63. The summed E-state index contributed by atoms with van der Waals surface area (Å²) in [6, 6.07) is 28.9. The lowest BCUT2D eigenvalue weighted by Gasteiger charge is -2.47. The highest BCUT2D eigenvalue weighted by molar-refractivity contribution is 5.69. The van der Waals surface area contributed by atoms with Gasteiger partial charge >= 0.3 is 6.09 Å². The molecule has 3 aromatic rings. The van der Waals surface area contributed by atoms with Gasteiger partial charge in [-0.15, -0.1) is 0 Å². The standard InChI is InChI=1S/C32H40N2O5/c1-32(2,3)39-31(35)34-19-27(33)29(37-21-25-15-9-5-10-16-25)30(38-22-26-17-11-6-12-18-26)28(34)23-36-20-24-13-7-4-8-14-24/h4-18,27-30H,19-23,33H2,1-3H3/t27-,28+,29+,30+/m0/s1. The van der Waals surface area contributed by atoms with Crippen molar-refractivity contribution in [2.45, 2.75) is 70.5 Å². The van der Waals surface area contributed by atoms with Crippen molar-refractivity contribution in [3.63, 3.8) is 0 Å². The topological polar surface area (TPSA) is 83.3 Å². The van der Waals surface area contributed by atoms with Gasteiger partial charge in [-0.2, -0.15) is 0 Å². The van der Waals surface area contributed by atoms with E-state index in [4.69, 9.17) is 24.7 Å². The van der Waals surface area contributed by atoms with Crippen LogP contribution in [0.3, 0.4) is 0 Å². The lowest BCUT2D eigenvalue weighted by Crippen LogP contribution is -2.67. The SMILES string of the molecule is CC(C)(C)OC(=O)N1C[C@H](N)[C@@H](OCc2ccccc2)[C@H](OCc2ccccc2)[C@H]1COCc1ccccc1. The van der Waals surface area contributed by atoms with E-state index in [9.17, 15) is 4.79 Å². The Balaban J connectivity index is 1.59. The minimum absolute atomic E-state index is 0.242. The molecule has 7 heteroatoms. The molecule has 208 valence electrons. The van der Waals surface area contributed by atoms with E-state index < -0.39 is 36.0 Å². The number of carbonyl (C=O) groups excluding carboxylic acids is 1. The van der Waals surface area contributed by atoms with Crippen LogP contribution in [-0.2, 0) is 38.8 Å². The predicted octanol–water partition coefficient (Wildman–Crippen LogP) is 5.32. The molecule has 3 aromatic carbocycles. The van der Waals surface area contributed by atoms with Gasteiger partial charge in [0.15, 0.2) is 0 Å². The first-order valence-electron chi connectivity index (χ1n) is 13.5. The van der Waals surface area contributed by atoms with Crippen LogP contribution in [0.15, 0.2) is 91.0 Å². The highest BCUT2D eigenvalue weighted by Crippen LogP contribution is 2.28. The van der Waals surface area contributed by atoms with Crippen LogP contribution in [0, 0.1) is 0 Å². The molecule has 0 bridgehead atoms. The molecule has 0 aliphatic carbocycles. The first kappa shape index (κ1) is 28.8. The van der Waals surface area contributed by atoms with E-state index in [1.165, 1.54) is 0 Å². The van der Waals surface area contributed by atoms with Crippen LogP contribution in [0.2, 0.25) is 0 Å². The summed E-state index contributed by atoms with van der Waals surface area (Å²) in [6.07, 6.45) is -1.44. The van der Waals surface area contributed by atoms with Crippen molar-refractivity contribution in [3.05, 3.63) is 108 Å². The number of nitrogens with two attached hydrogens (primary N) is 1. The quantitative estimate of drug-likeness (QED) is 0.381. The second-order valence-electron chi connectivity index (χ2n) is 10.9. The number of ether oxygens (including phenoxy) is 4. The molecular weight excluding hydrogens is 492 g/mol. The predicted molar refractivity (Wildman–Crippen MR) is 151 cm³/mol. The van der Waals surface area contributed by atoms with Gasteiger partial charge in [0.05, 0.1) is 38.5 Å². The van der Waals surface area contributed by atoms with Crippen molar-refractivity contribution in [2.24, 2.45) is 5.73 Å². The maximum Gasteiger partial charge on any atom is 0.410 e. The van der Waals surface area contributed by atoms with Gasteiger partial charge in [-0.05, 0) is 37.5 Å². The lowest BCUT2D eigenvalue weighted by atomic mass is 9.92. The Kier molecular flexibility index (Phi) is 10.1. The van der Waals surface area contributed by atoms with Gasteiger partial charge in [0, 0.05) is 6.54 Å². The van der Waals surface area contributed by atoms with E-state index in [1.54, 1.807) is 4.90 Å². The average Bonchev–Trinajstić information content (AvgIpc) is 2.92. The van der Waals surface area contributed by atoms with Gasteiger partial charge in [-0.1, -0.05) is 91.0 Å². The molecule has 0 unspecified atom stereocenters. The minimum Gasteiger partial charge on any atom is -0.444 e. The number of carbonyl (C=O) groups is 1. The number of likely N-dealkylation sites (tertiary alicyclic amines) is 1. The Bertz CT molecular complexity index is 1140. The summed E-state index contributed by atoms with van der Waals surface area (Å²) < 4.78 is 24.9. The maximum atomic E-state index is 13.4. The van der Waals surface area contributed by atoms with Crippen LogP contribution in [0.1, 0.15) is 37.5 Å². The van der Waals surface area contributed by atoms with Crippen molar-refractivity contribution in [2.75, 3.05) is 13.2 Å². The fraction of sp³-hybridized carbons (Fsp3) is 0.406. The summed E-state index contributed by atoms with van der Waals surface area (Å²) in [5.41, 5.74) is 9.13. The smallest absolute Gasteiger partial charge is 0.410 e. The number of nitrogens with zero attached hydrogens (tertiary/aromatic N) is 1. The fourth-order valence-corrected chi connectivity index (χ4v) is 4.65. The molecule has 1 fully saturated rings. The normalized spacial score (nSPS) is 21.5. The molecule has 7 nitrogen and oxygen atoms in total. The molecule has 0 radical (unpaired) electrons. The molecule has 1 heterocycles. The van der Waals surface area contributed by atoms with Gasteiger partial charge in [0.2, 0.25) is 0 Å². The van der Waals surface area contributed by atoms with Crippen molar-refractivity contribution < 1.29 is 23.7 Å². The second kappa shape index (κ2) is 13.7. The average molecular weight is 533 g/mol. The number of hydrogen-bond acceptors (Lipinski definition) is 6. The number of hydrogen-bond donors (Lipinski definition) is 1. The molecule has 4 rings (SSSR count). The van der Waals surface area contributed by atoms with E-state index in [0.717, 1.165) is 16.7 Å². The molecule has 0 saturated carbocycles. The van der Waals surface area contributed by atoms with Gasteiger partial charge in [-0.3, -0.25) is 4.90 Å². The minimum atomic E-state index is -0.655. The Morgan fingerprint density at radius 3 is 1.72 bits per heavy atom. The zero-order valence-corrected chi connectivity index (χ0v) is 23.1. The van der Waals surface area contributed by atoms with Crippen molar-refractivity contribution in [1.29, 1.82) is 0 Å². The molecule has 1 aliphatic rings. The summed E-state index contributed by atoms with van der Waals surface area (Å²) in [5.74, 6) is 0. The summed E-state index contributed by atoms with van der Waals surface area (Å²) >= 11 is 0. The zero-order chi connectivity index (χ0) is 27.7. The molecule has 1 aliphatic heterocycles. The van der Waals surface area contributed by atoms with Crippen molar-refractivity contribution >= 4 is 6.09 Å². The number of rotatable bonds is 10. The molecule has 0 spiro atoms. The van der Waals surface area contributed by atoms with Crippen LogP contribution in [0.25, 0.3) is 0 Å². The van der Waals surface area contributed by atoms with Gasteiger partial charge < -0.3 is 24.7 Å². The Labute approximate surface area is 231 Å². The van der Waals surface area contributed by atoms with Gasteiger partial charge in [0.25, 0.3) is 0 Å². The number of piperidine rings is 1. The number of amides is 1. The fourth-order valence-electron chi connectivity index (χ4n) is 4.65. The van der Waals surface area contributed by atoms with E-state index in [1.807, 2.05) is 112 Å². The largest absolute Gasteiger partial charge is 0.444 e. The van der Waals surface area contributed by atoms with E-state index >= 15 is 0 Å². The molecule has 4 atom stereocenters. The Morgan fingerprint density at radius 1 is 0.769 bits per heavy atom. The summed E-state index contributed by atoms with van der Waals surface area (Å²) in [6.45, 7) is 7.20. The second-order valence-corrected chi connectivity index (χ2v) is 10.9. The third-order valence-corrected chi connectivity index (χ3v) is 6.53.